The van der Waals surface area contributed by atoms with E-state index in [1.54, 1.807) is 0 Å². The first kappa shape index (κ1) is 25.3. The molecule has 13 heteroatoms. The predicted molar refractivity (Wildman–Crippen MR) is 114 cm³/mol. The summed E-state index contributed by atoms with van der Waals surface area (Å²) in [6, 6.07) is 6.94. The molecule has 0 saturated carbocycles. The van der Waals surface area contributed by atoms with Crippen LogP contribution < -0.4 is 15.4 Å². The topological polar surface area (TPSA) is 50.4 Å². The molecule has 1 atom stereocenters. The van der Waals surface area contributed by atoms with E-state index in [0.717, 1.165) is 12.1 Å². The van der Waals surface area contributed by atoms with Crippen molar-refractivity contribution in [2.24, 2.45) is 0 Å². The molecular weight excluding hydrogens is 534 g/mol. The zero-order chi connectivity index (χ0) is 22.7. The molecule has 0 fully saturated rings. The SMILES string of the molecule is O=C(COc1ccc(Cl)cc1Cl)N[C@@H](Nc1ccc(C(F)(F)F)cc1Cl)C(Cl)(Cl)Cl. The molecule has 0 aromatic heterocycles. The van der Waals surface area contributed by atoms with Gasteiger partial charge in [-0.05, 0) is 36.4 Å². The average molecular weight is 545 g/mol. The summed E-state index contributed by atoms with van der Waals surface area (Å²) in [6.07, 6.45) is -5.93. The van der Waals surface area contributed by atoms with Gasteiger partial charge in [-0.25, -0.2) is 0 Å². The van der Waals surface area contributed by atoms with Gasteiger partial charge in [0, 0.05) is 5.02 Å². The van der Waals surface area contributed by atoms with E-state index in [4.69, 9.17) is 74.3 Å². The van der Waals surface area contributed by atoms with Crippen LogP contribution in [0.5, 0.6) is 5.75 Å². The van der Waals surface area contributed by atoms with Crippen molar-refractivity contribution >= 4 is 81.2 Å². The minimum atomic E-state index is -4.58. The van der Waals surface area contributed by atoms with Crippen LogP contribution in [0.1, 0.15) is 5.56 Å². The molecule has 0 unspecified atom stereocenters. The summed E-state index contributed by atoms with van der Waals surface area (Å²) in [5.74, 6) is -0.520. The van der Waals surface area contributed by atoms with Gasteiger partial charge in [0.2, 0.25) is 3.79 Å². The molecule has 2 aromatic carbocycles. The zero-order valence-corrected chi connectivity index (χ0v) is 19.0. The van der Waals surface area contributed by atoms with E-state index in [9.17, 15) is 18.0 Å². The Hall–Kier alpha value is -0.960. The number of carbonyl (C=O) groups is 1. The van der Waals surface area contributed by atoms with Crippen molar-refractivity contribution in [1.29, 1.82) is 0 Å². The first-order valence-electron chi connectivity index (χ1n) is 7.84. The summed E-state index contributed by atoms with van der Waals surface area (Å²) in [7, 11) is 0. The van der Waals surface area contributed by atoms with E-state index >= 15 is 0 Å². The molecule has 2 aromatic rings. The van der Waals surface area contributed by atoms with Crippen molar-refractivity contribution in [2.45, 2.75) is 16.1 Å². The number of anilines is 1. The van der Waals surface area contributed by atoms with Crippen LogP contribution in [0.15, 0.2) is 36.4 Å². The van der Waals surface area contributed by atoms with Gasteiger partial charge in [0.15, 0.2) is 6.61 Å². The lowest BCUT2D eigenvalue weighted by Crippen LogP contribution is -2.50. The van der Waals surface area contributed by atoms with E-state index in [-0.39, 0.29) is 21.5 Å². The van der Waals surface area contributed by atoms with Crippen molar-refractivity contribution in [3.8, 4) is 5.75 Å². The molecule has 0 aliphatic carbocycles. The third kappa shape index (κ3) is 7.32. The van der Waals surface area contributed by atoms with E-state index in [1.165, 1.54) is 18.2 Å². The van der Waals surface area contributed by atoms with Crippen molar-refractivity contribution in [3.05, 3.63) is 57.0 Å². The summed E-state index contributed by atoms with van der Waals surface area (Å²) in [6.45, 7) is -0.499. The fourth-order valence-corrected chi connectivity index (χ4v) is 3.13. The van der Waals surface area contributed by atoms with Crippen molar-refractivity contribution in [3.63, 3.8) is 0 Å². The second kappa shape index (κ2) is 10.1. The highest BCUT2D eigenvalue weighted by atomic mass is 35.6. The molecule has 0 spiro atoms. The highest BCUT2D eigenvalue weighted by Crippen LogP contribution is 2.36. The zero-order valence-electron chi connectivity index (χ0n) is 14.5. The van der Waals surface area contributed by atoms with Crippen LogP contribution in [0.4, 0.5) is 18.9 Å². The van der Waals surface area contributed by atoms with E-state index in [1.807, 2.05) is 0 Å². The number of hydrogen-bond acceptors (Lipinski definition) is 3. The number of alkyl halides is 6. The van der Waals surface area contributed by atoms with Gasteiger partial charge in [0.25, 0.3) is 5.91 Å². The molecule has 164 valence electrons. The van der Waals surface area contributed by atoms with Crippen LogP contribution in [0.25, 0.3) is 0 Å². The standard InChI is InChI=1S/C17H11Cl6F3N2O2/c18-9-2-4-13(11(20)6-9)30-7-14(29)28-15(16(21,22)23)27-12-3-1-8(5-10(12)19)17(24,25)26/h1-6,15,27H,7H2,(H,28,29)/t15-/m1/s1. The third-order valence-electron chi connectivity index (χ3n) is 3.48. The lowest BCUT2D eigenvalue weighted by molar-refractivity contribution is -0.137. The summed E-state index contributed by atoms with van der Waals surface area (Å²) in [5, 5.41) is 5.22. The molecule has 0 heterocycles. The van der Waals surface area contributed by atoms with Crippen molar-refractivity contribution in [1.82, 2.24) is 5.32 Å². The predicted octanol–water partition coefficient (Wildman–Crippen LogP) is 6.97. The Balaban J connectivity index is 2.08. The van der Waals surface area contributed by atoms with Crippen molar-refractivity contribution < 1.29 is 22.7 Å². The summed E-state index contributed by atoms with van der Waals surface area (Å²) < 4.78 is 41.5. The molecule has 2 N–H and O–H groups in total. The molecule has 1 amide bonds. The van der Waals surface area contributed by atoms with Gasteiger partial charge >= 0.3 is 6.18 Å². The number of hydrogen-bond donors (Lipinski definition) is 2. The van der Waals surface area contributed by atoms with E-state index in [2.05, 4.69) is 10.6 Å². The fraction of sp³-hybridized carbons (Fsp3) is 0.235. The Morgan fingerprint density at radius 2 is 1.67 bits per heavy atom. The minimum absolute atomic E-state index is 0.00274. The van der Waals surface area contributed by atoms with Crippen LogP contribution in [-0.2, 0) is 11.0 Å². The molecule has 0 bridgehead atoms. The van der Waals surface area contributed by atoms with Crippen LogP contribution in [-0.4, -0.2) is 22.5 Å². The second-order valence-corrected chi connectivity index (χ2v) is 9.36. The normalized spacial score (nSPS) is 13.0. The smallest absolute Gasteiger partial charge is 0.416 e. The van der Waals surface area contributed by atoms with Crippen LogP contribution >= 0.6 is 69.6 Å². The maximum Gasteiger partial charge on any atom is 0.416 e. The first-order valence-corrected chi connectivity index (χ1v) is 10.1. The second-order valence-electron chi connectivity index (χ2n) is 5.74. The van der Waals surface area contributed by atoms with Crippen LogP contribution in [0.2, 0.25) is 15.1 Å². The molecule has 0 radical (unpaired) electrons. The third-order valence-corrected chi connectivity index (χ3v) is 4.98. The number of halogens is 9. The fourth-order valence-electron chi connectivity index (χ4n) is 2.10. The number of amides is 1. The van der Waals surface area contributed by atoms with Crippen molar-refractivity contribution in [2.75, 3.05) is 11.9 Å². The van der Waals surface area contributed by atoms with Crippen LogP contribution in [0, 0.1) is 0 Å². The lowest BCUT2D eigenvalue weighted by atomic mass is 10.2. The van der Waals surface area contributed by atoms with E-state index in [0.29, 0.717) is 11.1 Å². The Morgan fingerprint density at radius 3 is 2.20 bits per heavy atom. The molecule has 2 rings (SSSR count). The summed E-state index contributed by atoms with van der Waals surface area (Å²) in [4.78, 5) is 12.2. The van der Waals surface area contributed by atoms with Gasteiger partial charge < -0.3 is 15.4 Å². The molecular formula is C17H11Cl6F3N2O2. The van der Waals surface area contributed by atoms with Gasteiger partial charge in [0.05, 0.1) is 21.3 Å². The maximum atomic E-state index is 12.8. The maximum absolute atomic E-state index is 12.8. The number of benzene rings is 2. The Kier molecular flexibility index (Phi) is 8.52. The minimum Gasteiger partial charge on any atom is -0.482 e. The molecule has 30 heavy (non-hydrogen) atoms. The first-order chi connectivity index (χ1) is 13.8. The number of ether oxygens (including phenoxy) is 1. The Labute approximate surface area is 199 Å². The quantitative estimate of drug-likeness (QED) is 0.305. The molecule has 0 saturated heterocycles. The lowest BCUT2D eigenvalue weighted by Gasteiger charge is -2.28. The number of nitrogens with one attached hydrogen (secondary N) is 2. The summed E-state index contributed by atoms with van der Waals surface area (Å²) >= 11 is 35.2. The van der Waals surface area contributed by atoms with E-state index < -0.39 is 34.2 Å². The van der Waals surface area contributed by atoms with Gasteiger partial charge in [-0.15, -0.1) is 0 Å². The molecule has 0 aliphatic heterocycles. The monoisotopic (exact) mass is 542 g/mol. The van der Waals surface area contributed by atoms with Gasteiger partial charge in [0.1, 0.15) is 11.9 Å². The average Bonchev–Trinajstić information content (AvgIpc) is 2.60. The molecule has 0 aliphatic rings. The van der Waals surface area contributed by atoms with Crippen LogP contribution in [0.3, 0.4) is 0 Å². The van der Waals surface area contributed by atoms with Gasteiger partial charge in [-0.3, -0.25) is 4.79 Å². The summed E-state index contributed by atoms with van der Waals surface area (Å²) in [5.41, 5.74) is -0.955. The molecule has 4 nitrogen and oxygen atoms in total. The number of carbonyl (C=O) groups excluding carboxylic acids is 1. The Bertz CT molecular complexity index is 921. The highest BCUT2D eigenvalue weighted by molar-refractivity contribution is 6.68. The highest BCUT2D eigenvalue weighted by Gasteiger charge is 2.35. The van der Waals surface area contributed by atoms with Gasteiger partial charge in [-0.2, -0.15) is 13.2 Å². The Morgan fingerprint density at radius 1 is 1.00 bits per heavy atom. The van der Waals surface area contributed by atoms with Gasteiger partial charge in [-0.1, -0.05) is 69.6 Å². The largest absolute Gasteiger partial charge is 0.482 e. The number of rotatable bonds is 6.